The van der Waals surface area contributed by atoms with Gasteiger partial charge in [-0.15, -0.1) is 0 Å². The fourth-order valence-corrected chi connectivity index (χ4v) is 4.26. The Hall–Kier alpha value is -2.00. The lowest BCUT2D eigenvalue weighted by Crippen LogP contribution is -2.37. The Balaban J connectivity index is 1.27. The summed E-state index contributed by atoms with van der Waals surface area (Å²) in [5.41, 5.74) is 2.97. The third-order valence-corrected chi connectivity index (χ3v) is 6.28. The van der Waals surface area contributed by atoms with Crippen LogP contribution in [-0.4, -0.2) is 31.3 Å². The number of benzene rings is 2. The van der Waals surface area contributed by atoms with E-state index in [4.69, 9.17) is 9.47 Å². The van der Waals surface area contributed by atoms with Crippen molar-refractivity contribution in [3.8, 4) is 11.5 Å². The van der Waals surface area contributed by atoms with Crippen LogP contribution in [0, 0.1) is 5.92 Å². The highest BCUT2D eigenvalue weighted by molar-refractivity contribution is 5.46. The summed E-state index contributed by atoms with van der Waals surface area (Å²) in [4.78, 5) is 2.65. The Morgan fingerprint density at radius 2 is 1.70 bits per heavy atom. The third kappa shape index (κ3) is 4.47. The van der Waals surface area contributed by atoms with Crippen LogP contribution in [-0.2, 0) is 11.8 Å². The Kier molecular flexibility index (Phi) is 5.40. The summed E-state index contributed by atoms with van der Waals surface area (Å²) in [5, 5.41) is 0. The van der Waals surface area contributed by atoms with Gasteiger partial charge in [-0.2, -0.15) is 0 Å². The first-order valence-corrected chi connectivity index (χ1v) is 10.3. The van der Waals surface area contributed by atoms with Crippen LogP contribution in [0.3, 0.4) is 0 Å². The molecule has 0 spiro atoms. The Morgan fingerprint density at radius 3 is 2.48 bits per heavy atom. The molecule has 0 aliphatic carbocycles. The molecule has 0 N–H and O–H groups in total. The molecule has 1 saturated heterocycles. The lowest BCUT2D eigenvalue weighted by Gasteiger charge is -2.35. The molecule has 0 radical (unpaired) electrons. The van der Waals surface area contributed by atoms with Crippen molar-refractivity contribution in [3.05, 3.63) is 59.7 Å². The zero-order valence-corrected chi connectivity index (χ0v) is 16.6. The SMILES string of the molecule is CC(C)(CCN1CCC(Cc2ccccc2)CC1)c1ccc2c(c1)OCO2. The molecule has 1 fully saturated rings. The second-order valence-electron chi connectivity index (χ2n) is 8.68. The summed E-state index contributed by atoms with van der Waals surface area (Å²) in [6, 6.07) is 17.3. The minimum Gasteiger partial charge on any atom is -0.454 e. The van der Waals surface area contributed by atoms with Crippen molar-refractivity contribution in [3.63, 3.8) is 0 Å². The van der Waals surface area contributed by atoms with Gasteiger partial charge in [-0.1, -0.05) is 50.2 Å². The highest BCUT2D eigenvalue weighted by Crippen LogP contribution is 2.37. The number of ether oxygens (including phenoxy) is 2. The van der Waals surface area contributed by atoms with Crippen LogP contribution >= 0.6 is 0 Å². The molecule has 2 aromatic rings. The van der Waals surface area contributed by atoms with E-state index >= 15 is 0 Å². The molecule has 2 aromatic carbocycles. The number of hydrogen-bond acceptors (Lipinski definition) is 3. The van der Waals surface area contributed by atoms with Crippen molar-refractivity contribution in [2.24, 2.45) is 5.92 Å². The molecule has 0 aromatic heterocycles. The van der Waals surface area contributed by atoms with Gasteiger partial charge in [0.25, 0.3) is 0 Å². The molecule has 0 amide bonds. The molecule has 2 aliphatic heterocycles. The van der Waals surface area contributed by atoms with Gasteiger partial charge in [0.05, 0.1) is 0 Å². The molecule has 2 aliphatic rings. The molecule has 4 rings (SSSR count). The normalized spacial score (nSPS) is 18.0. The van der Waals surface area contributed by atoms with Gasteiger partial charge >= 0.3 is 0 Å². The van der Waals surface area contributed by atoms with E-state index in [-0.39, 0.29) is 5.41 Å². The summed E-state index contributed by atoms with van der Waals surface area (Å²) in [6.45, 7) is 8.65. The van der Waals surface area contributed by atoms with E-state index in [1.165, 1.54) is 50.0 Å². The Morgan fingerprint density at radius 1 is 0.963 bits per heavy atom. The standard InChI is InChI=1S/C24H31NO2/c1-24(2,21-8-9-22-23(17-21)27-18-26-22)12-15-25-13-10-20(11-14-25)16-19-6-4-3-5-7-19/h3-9,17,20H,10-16,18H2,1-2H3. The van der Waals surface area contributed by atoms with E-state index in [9.17, 15) is 0 Å². The van der Waals surface area contributed by atoms with Crippen LogP contribution in [0.25, 0.3) is 0 Å². The number of nitrogens with zero attached hydrogens (tertiary/aromatic N) is 1. The van der Waals surface area contributed by atoms with Gasteiger partial charge < -0.3 is 14.4 Å². The highest BCUT2D eigenvalue weighted by atomic mass is 16.7. The fourth-order valence-electron chi connectivity index (χ4n) is 4.26. The third-order valence-electron chi connectivity index (χ3n) is 6.28. The summed E-state index contributed by atoms with van der Waals surface area (Å²) in [6.07, 6.45) is 5.03. The molecule has 3 nitrogen and oxygen atoms in total. The van der Waals surface area contributed by atoms with Crippen LogP contribution in [0.4, 0.5) is 0 Å². The molecular formula is C24H31NO2. The Bertz CT molecular complexity index is 748. The maximum absolute atomic E-state index is 5.56. The fraction of sp³-hybridized carbons (Fsp3) is 0.500. The van der Waals surface area contributed by atoms with E-state index in [0.717, 1.165) is 23.8 Å². The van der Waals surface area contributed by atoms with Crippen LogP contribution in [0.2, 0.25) is 0 Å². The lowest BCUT2D eigenvalue weighted by atomic mass is 9.81. The number of piperidine rings is 1. The highest BCUT2D eigenvalue weighted by Gasteiger charge is 2.26. The van der Waals surface area contributed by atoms with Crippen molar-refractivity contribution >= 4 is 0 Å². The van der Waals surface area contributed by atoms with Gasteiger partial charge in [-0.05, 0) is 79.9 Å². The van der Waals surface area contributed by atoms with Crippen molar-refractivity contribution in [1.82, 2.24) is 4.90 Å². The van der Waals surface area contributed by atoms with Gasteiger partial charge in [-0.3, -0.25) is 0 Å². The van der Waals surface area contributed by atoms with Crippen LogP contribution in [0.5, 0.6) is 11.5 Å². The van der Waals surface area contributed by atoms with E-state index in [2.05, 4.69) is 67.3 Å². The van der Waals surface area contributed by atoms with Crippen LogP contribution < -0.4 is 9.47 Å². The first kappa shape index (κ1) is 18.4. The molecule has 2 heterocycles. The smallest absolute Gasteiger partial charge is 0.231 e. The van der Waals surface area contributed by atoms with Crippen LogP contribution in [0.15, 0.2) is 48.5 Å². The van der Waals surface area contributed by atoms with E-state index in [0.29, 0.717) is 6.79 Å². The predicted molar refractivity (Wildman–Crippen MR) is 110 cm³/mol. The van der Waals surface area contributed by atoms with E-state index in [1.54, 1.807) is 0 Å². The maximum atomic E-state index is 5.56. The topological polar surface area (TPSA) is 21.7 Å². The van der Waals surface area contributed by atoms with Crippen molar-refractivity contribution in [2.75, 3.05) is 26.4 Å². The van der Waals surface area contributed by atoms with Gasteiger partial charge in [-0.25, -0.2) is 0 Å². The second kappa shape index (κ2) is 7.93. The molecule has 27 heavy (non-hydrogen) atoms. The first-order valence-electron chi connectivity index (χ1n) is 10.3. The summed E-state index contributed by atoms with van der Waals surface area (Å²) in [5.74, 6) is 2.60. The number of likely N-dealkylation sites (tertiary alicyclic amines) is 1. The quantitative estimate of drug-likeness (QED) is 0.716. The van der Waals surface area contributed by atoms with E-state index < -0.39 is 0 Å². The first-order chi connectivity index (χ1) is 13.1. The minimum absolute atomic E-state index is 0.141. The second-order valence-corrected chi connectivity index (χ2v) is 8.68. The molecular weight excluding hydrogens is 334 g/mol. The summed E-state index contributed by atoms with van der Waals surface area (Å²) < 4.78 is 11.0. The van der Waals surface area contributed by atoms with Gasteiger partial charge in [0.2, 0.25) is 6.79 Å². The number of hydrogen-bond donors (Lipinski definition) is 0. The minimum atomic E-state index is 0.141. The molecule has 0 unspecified atom stereocenters. The van der Waals surface area contributed by atoms with Gasteiger partial charge in [0, 0.05) is 0 Å². The monoisotopic (exact) mass is 365 g/mol. The van der Waals surface area contributed by atoms with Gasteiger partial charge in [0.15, 0.2) is 11.5 Å². The number of fused-ring (bicyclic) bond motifs is 1. The average Bonchev–Trinajstić information content (AvgIpc) is 3.16. The zero-order chi connectivity index (χ0) is 18.7. The average molecular weight is 366 g/mol. The van der Waals surface area contributed by atoms with Gasteiger partial charge in [0.1, 0.15) is 0 Å². The van der Waals surface area contributed by atoms with E-state index in [1.807, 2.05) is 0 Å². The molecule has 144 valence electrons. The maximum Gasteiger partial charge on any atom is 0.231 e. The molecule has 0 saturated carbocycles. The molecule has 0 atom stereocenters. The van der Waals surface area contributed by atoms with Crippen LogP contribution in [0.1, 0.15) is 44.2 Å². The number of rotatable bonds is 6. The summed E-state index contributed by atoms with van der Waals surface area (Å²) >= 11 is 0. The molecule has 0 bridgehead atoms. The van der Waals surface area contributed by atoms with Crippen molar-refractivity contribution in [2.45, 2.75) is 44.9 Å². The van der Waals surface area contributed by atoms with Crippen molar-refractivity contribution < 1.29 is 9.47 Å². The predicted octanol–water partition coefficient (Wildman–Crippen LogP) is 5.04. The Labute approximate surface area is 163 Å². The lowest BCUT2D eigenvalue weighted by molar-refractivity contribution is 0.171. The molecule has 3 heteroatoms. The summed E-state index contributed by atoms with van der Waals surface area (Å²) in [7, 11) is 0. The zero-order valence-electron chi connectivity index (χ0n) is 16.6. The van der Waals surface area contributed by atoms with Crippen molar-refractivity contribution in [1.29, 1.82) is 0 Å². The largest absolute Gasteiger partial charge is 0.454 e.